The molecule has 3 aromatic carbocycles. The lowest BCUT2D eigenvalue weighted by atomic mass is 9.86. The third-order valence-corrected chi connectivity index (χ3v) is 7.34. The third-order valence-electron chi connectivity index (χ3n) is 5.88. The molecule has 2 N–H and O–H groups in total. The van der Waals surface area contributed by atoms with Crippen molar-refractivity contribution >= 4 is 15.9 Å². The minimum absolute atomic E-state index is 0.0172. The van der Waals surface area contributed by atoms with E-state index in [-0.39, 0.29) is 35.7 Å². The molecule has 1 aliphatic heterocycles. The Hall–Kier alpha value is -3.36. The number of benzene rings is 3. The predicted octanol–water partition coefficient (Wildman–Crippen LogP) is 3.85. The zero-order valence-corrected chi connectivity index (χ0v) is 20.5. The summed E-state index contributed by atoms with van der Waals surface area (Å²) in [5.74, 6) is 0.682. The molecule has 3 aromatic rings. The van der Waals surface area contributed by atoms with Gasteiger partial charge in [-0.05, 0) is 30.2 Å². The van der Waals surface area contributed by atoms with Crippen molar-refractivity contribution < 1.29 is 22.7 Å². The summed E-state index contributed by atoms with van der Waals surface area (Å²) < 4.78 is 39.1. The molecule has 4 rings (SSSR count). The van der Waals surface area contributed by atoms with E-state index >= 15 is 0 Å². The second-order valence-electron chi connectivity index (χ2n) is 8.46. The van der Waals surface area contributed by atoms with Gasteiger partial charge in [-0.2, -0.15) is 0 Å². The number of hydrogen-bond acceptors (Lipinski definition) is 5. The third kappa shape index (κ3) is 6.41. The first-order valence-corrected chi connectivity index (χ1v) is 13.2. The number of rotatable bonds is 9. The minimum Gasteiger partial charge on any atom is -0.490 e. The topological polar surface area (TPSA) is 93.7 Å². The van der Waals surface area contributed by atoms with Gasteiger partial charge in [0.2, 0.25) is 15.9 Å². The van der Waals surface area contributed by atoms with Gasteiger partial charge in [-0.25, -0.2) is 13.1 Å². The van der Waals surface area contributed by atoms with Crippen LogP contribution in [-0.2, 0) is 14.8 Å². The van der Waals surface area contributed by atoms with Crippen molar-refractivity contribution in [3.8, 4) is 11.5 Å². The second-order valence-corrected chi connectivity index (χ2v) is 10.2. The van der Waals surface area contributed by atoms with E-state index in [1.807, 2.05) is 67.6 Å². The quantitative estimate of drug-likeness (QED) is 0.471. The average Bonchev–Trinajstić information content (AvgIpc) is 3.10. The molecule has 1 heterocycles. The summed E-state index contributed by atoms with van der Waals surface area (Å²) in [5.41, 5.74) is 2.20. The molecule has 1 aliphatic rings. The molecule has 35 heavy (non-hydrogen) atoms. The number of sulfonamides is 1. The molecule has 0 saturated carbocycles. The Morgan fingerprint density at radius 1 is 0.886 bits per heavy atom. The van der Waals surface area contributed by atoms with Crippen molar-refractivity contribution in [1.29, 1.82) is 0 Å². The normalized spacial score (nSPS) is 14.2. The van der Waals surface area contributed by atoms with E-state index in [0.717, 1.165) is 17.5 Å². The summed E-state index contributed by atoms with van der Waals surface area (Å²) in [5, 5.41) is 3.04. The van der Waals surface area contributed by atoms with Crippen LogP contribution in [0.25, 0.3) is 0 Å². The van der Waals surface area contributed by atoms with E-state index in [9.17, 15) is 13.2 Å². The van der Waals surface area contributed by atoms with Crippen LogP contribution in [-0.4, -0.2) is 40.1 Å². The molecule has 1 amide bonds. The first kappa shape index (κ1) is 24.8. The fourth-order valence-corrected chi connectivity index (χ4v) is 5.24. The minimum atomic E-state index is -3.80. The molecule has 0 aliphatic carbocycles. The van der Waals surface area contributed by atoms with Gasteiger partial charge in [-0.15, -0.1) is 0 Å². The lowest BCUT2D eigenvalue weighted by molar-refractivity contribution is -0.121. The van der Waals surface area contributed by atoms with Gasteiger partial charge in [0.25, 0.3) is 0 Å². The van der Waals surface area contributed by atoms with Crippen LogP contribution in [0.4, 0.5) is 0 Å². The van der Waals surface area contributed by atoms with Gasteiger partial charge in [0.15, 0.2) is 11.5 Å². The fourth-order valence-electron chi connectivity index (χ4n) is 4.19. The Morgan fingerprint density at radius 3 is 2.11 bits per heavy atom. The molecule has 7 nitrogen and oxygen atoms in total. The Bertz CT molecular complexity index is 1190. The molecule has 0 bridgehead atoms. The summed E-state index contributed by atoms with van der Waals surface area (Å²) in [4.78, 5) is 12.8. The zero-order valence-electron chi connectivity index (χ0n) is 19.6. The number of nitrogens with one attached hydrogen (secondary N) is 2. The smallest absolute Gasteiger partial charge is 0.240 e. The molecule has 0 aromatic heterocycles. The van der Waals surface area contributed by atoms with Crippen molar-refractivity contribution in [2.75, 3.05) is 19.8 Å². The van der Waals surface area contributed by atoms with Crippen LogP contribution in [0.15, 0.2) is 83.8 Å². The van der Waals surface area contributed by atoms with E-state index in [0.29, 0.717) is 24.7 Å². The highest BCUT2D eigenvalue weighted by molar-refractivity contribution is 7.89. The molecule has 0 saturated heterocycles. The van der Waals surface area contributed by atoms with E-state index in [4.69, 9.17) is 9.47 Å². The van der Waals surface area contributed by atoms with Gasteiger partial charge in [-0.1, -0.05) is 60.7 Å². The zero-order chi connectivity index (χ0) is 24.7. The van der Waals surface area contributed by atoms with Gasteiger partial charge >= 0.3 is 0 Å². The predicted molar refractivity (Wildman–Crippen MR) is 134 cm³/mol. The lowest BCUT2D eigenvalue weighted by Gasteiger charge is -2.26. The van der Waals surface area contributed by atoms with Crippen LogP contribution in [0.3, 0.4) is 0 Å². The Balaban J connectivity index is 1.36. The van der Waals surface area contributed by atoms with E-state index in [1.165, 1.54) is 12.1 Å². The van der Waals surface area contributed by atoms with Crippen LogP contribution >= 0.6 is 0 Å². The molecule has 0 spiro atoms. The average molecular weight is 495 g/mol. The summed E-state index contributed by atoms with van der Waals surface area (Å²) in [7, 11) is -3.80. The number of ether oxygens (including phenoxy) is 2. The fraction of sp³-hybridized carbons (Fsp3) is 0.296. The van der Waals surface area contributed by atoms with Crippen LogP contribution in [0, 0.1) is 0 Å². The maximum Gasteiger partial charge on any atom is 0.240 e. The maximum atomic E-state index is 12.7. The largest absolute Gasteiger partial charge is 0.490 e. The Morgan fingerprint density at radius 2 is 1.49 bits per heavy atom. The van der Waals surface area contributed by atoms with Gasteiger partial charge in [0.1, 0.15) is 0 Å². The molecule has 1 unspecified atom stereocenters. The molecular formula is C27H30N2O5S. The molecule has 8 heteroatoms. The van der Waals surface area contributed by atoms with Gasteiger partial charge in [0.05, 0.1) is 18.1 Å². The lowest BCUT2D eigenvalue weighted by Crippen LogP contribution is -2.39. The van der Waals surface area contributed by atoms with Crippen LogP contribution in [0.1, 0.15) is 36.8 Å². The highest BCUT2D eigenvalue weighted by Gasteiger charge is 2.23. The number of carbonyl (C=O) groups excluding carboxylic acids is 1. The van der Waals surface area contributed by atoms with Gasteiger partial charge in [-0.3, -0.25) is 4.79 Å². The van der Waals surface area contributed by atoms with Crippen molar-refractivity contribution in [2.24, 2.45) is 0 Å². The molecule has 0 fully saturated rings. The van der Waals surface area contributed by atoms with E-state index < -0.39 is 10.0 Å². The summed E-state index contributed by atoms with van der Waals surface area (Å²) >= 11 is 0. The van der Waals surface area contributed by atoms with Gasteiger partial charge < -0.3 is 14.8 Å². The second kappa shape index (κ2) is 11.4. The van der Waals surface area contributed by atoms with Crippen LogP contribution in [0.2, 0.25) is 0 Å². The van der Waals surface area contributed by atoms with Crippen molar-refractivity contribution in [1.82, 2.24) is 10.0 Å². The van der Waals surface area contributed by atoms with E-state index in [1.54, 1.807) is 6.07 Å². The standard InChI is InChI=1S/C27H30N2O5S/c1-20(27(21-9-4-2-5-10-21)22-11-6-3-7-12-22)29-26(30)15-16-28-35(31,32)23-13-14-24-25(19-23)34-18-8-17-33-24/h2-7,9-14,19-20,27-28H,8,15-18H2,1H3,(H,29,30). The summed E-state index contributed by atoms with van der Waals surface area (Å²) in [6.45, 7) is 2.94. The van der Waals surface area contributed by atoms with Crippen molar-refractivity contribution in [2.45, 2.75) is 36.6 Å². The Labute approximate surface area is 206 Å². The first-order chi connectivity index (χ1) is 16.9. The number of carbonyl (C=O) groups is 1. The van der Waals surface area contributed by atoms with Crippen molar-refractivity contribution in [3.05, 3.63) is 90.0 Å². The van der Waals surface area contributed by atoms with Crippen LogP contribution < -0.4 is 19.5 Å². The number of amides is 1. The maximum absolute atomic E-state index is 12.7. The number of hydrogen-bond donors (Lipinski definition) is 2. The molecule has 184 valence electrons. The summed E-state index contributed by atoms with van der Waals surface area (Å²) in [6.07, 6.45) is 0.752. The number of fused-ring (bicyclic) bond motifs is 1. The SMILES string of the molecule is CC(NC(=O)CCNS(=O)(=O)c1ccc2c(c1)OCCCO2)C(c1ccccc1)c1ccccc1. The van der Waals surface area contributed by atoms with E-state index in [2.05, 4.69) is 10.0 Å². The Kier molecular flexibility index (Phi) is 8.05. The summed E-state index contributed by atoms with van der Waals surface area (Å²) in [6, 6.07) is 24.4. The van der Waals surface area contributed by atoms with Crippen LogP contribution in [0.5, 0.6) is 11.5 Å². The highest BCUT2D eigenvalue weighted by Crippen LogP contribution is 2.32. The first-order valence-electron chi connectivity index (χ1n) is 11.7. The molecule has 0 radical (unpaired) electrons. The molecule has 1 atom stereocenters. The van der Waals surface area contributed by atoms with Crippen molar-refractivity contribution in [3.63, 3.8) is 0 Å². The van der Waals surface area contributed by atoms with Gasteiger partial charge in [0, 0.05) is 37.4 Å². The molecular weight excluding hydrogens is 464 g/mol. The highest BCUT2D eigenvalue weighted by atomic mass is 32.2. The monoisotopic (exact) mass is 494 g/mol.